The molecule has 4 N–H and O–H groups in total. The Kier molecular flexibility index (Phi) is 45.4. The van der Waals surface area contributed by atoms with Gasteiger partial charge in [0.1, 0.15) is 11.9 Å². The number of carbonyl (C=O) groups excluding carboxylic acids is 2. The molecule has 26 heteroatoms. The molecule has 0 aromatic heterocycles. The van der Waals surface area contributed by atoms with Gasteiger partial charge in [-0.25, -0.2) is 14.8 Å². The summed E-state index contributed by atoms with van der Waals surface area (Å²) >= 11 is 19.0. The lowest BCUT2D eigenvalue weighted by atomic mass is 11.1. The smallest absolute Gasteiger partial charge is 0.408 e. The first-order valence-corrected chi connectivity index (χ1v) is 28.9. The lowest BCUT2D eigenvalue weighted by Gasteiger charge is -2.06. The van der Waals surface area contributed by atoms with E-state index in [-0.39, 0.29) is 23.1 Å². The predicted octanol–water partition coefficient (Wildman–Crippen LogP) is 6.97. The molecule has 0 rings (SSSR count). The van der Waals surface area contributed by atoms with Crippen molar-refractivity contribution < 1.29 is 38.9 Å². The van der Waals surface area contributed by atoms with E-state index in [1.54, 1.807) is 94.1 Å². The van der Waals surface area contributed by atoms with Crippen LogP contribution in [0.2, 0.25) is 0 Å². The summed E-state index contributed by atoms with van der Waals surface area (Å²) in [4.78, 5) is 41.4. The third kappa shape index (κ3) is 42.9. The Bertz CT molecular complexity index is 776. The topological polar surface area (TPSA) is 174 Å². The van der Waals surface area contributed by atoms with E-state index in [1.807, 2.05) is 0 Å². The molecule has 0 aromatic rings. The molecule has 2 amide bonds. The second-order valence-electron chi connectivity index (χ2n) is 6.94. The summed E-state index contributed by atoms with van der Waals surface area (Å²) in [6, 6.07) is 0. The SMILES string of the molecule is O=C(NCSCSCSC/N=C\[S+]([O-])CSCSCSC(=O)NCSCSCSC/N=C\OOCSCSCO)OCSCSCO. The maximum absolute atomic E-state index is 12.0. The van der Waals surface area contributed by atoms with Gasteiger partial charge in [-0.2, -0.15) is 4.89 Å². The van der Waals surface area contributed by atoms with Crippen molar-refractivity contribution in [2.45, 2.75) is 0 Å². The number of aliphatic hydroxyl groups is 2. The van der Waals surface area contributed by atoms with Crippen molar-refractivity contribution >= 4 is 187 Å². The summed E-state index contributed by atoms with van der Waals surface area (Å²) in [6.45, 7) is 0. The van der Waals surface area contributed by atoms with Crippen LogP contribution in [-0.2, 0) is 25.7 Å². The third-order valence-corrected chi connectivity index (χ3v) is 18.7. The van der Waals surface area contributed by atoms with Crippen molar-refractivity contribution in [2.24, 2.45) is 9.98 Å². The van der Waals surface area contributed by atoms with E-state index >= 15 is 0 Å². The van der Waals surface area contributed by atoms with E-state index in [2.05, 4.69) is 20.6 Å². The van der Waals surface area contributed by atoms with Crippen LogP contribution in [-0.4, -0.2) is 131 Å². The highest BCUT2D eigenvalue weighted by Crippen LogP contribution is 2.21. The molecule has 1 unspecified atom stereocenters. The van der Waals surface area contributed by atoms with Crippen LogP contribution in [0.4, 0.5) is 9.59 Å². The second kappa shape index (κ2) is 43.0. The van der Waals surface area contributed by atoms with Gasteiger partial charge in [0, 0.05) is 51.9 Å². The molecule has 47 heavy (non-hydrogen) atoms. The normalized spacial score (nSPS) is 12.1. The van der Waals surface area contributed by atoms with Crippen LogP contribution in [0.3, 0.4) is 0 Å². The standard InChI is InChI=1S/C21H40N4O8S14/c26-7-38-15-40-9-31-20(28)24-4-36-13-43-12-35-3-23-6-47(30)19-45-17-44-18-46-21(29)25-5-37-14-42-11-34-2-22-1-32-33-10-41-16-39-8-27/h1,6,26-27H,2-5,7-19H2,(H,24,28)(H,25,29)/b22-1-,23-6-. The Morgan fingerprint density at radius 3 is 1.96 bits per heavy atom. The monoisotopic (exact) mass is 924 g/mol. The van der Waals surface area contributed by atoms with Gasteiger partial charge in [-0.1, -0.05) is 23.5 Å². The second-order valence-corrected chi connectivity index (χ2v) is 24.0. The number of amides is 2. The summed E-state index contributed by atoms with van der Waals surface area (Å²) in [5.74, 6) is 2.98. The molecular formula is C21H40N4O8S14. The van der Waals surface area contributed by atoms with Gasteiger partial charge in [-0.15, -0.1) is 129 Å². The molecule has 0 heterocycles. The number of hydrogen-bond donors (Lipinski definition) is 4. The first-order chi connectivity index (χ1) is 23.1. The zero-order chi connectivity index (χ0) is 34.3. The van der Waals surface area contributed by atoms with Crippen LogP contribution < -0.4 is 10.6 Å². The molecule has 0 spiro atoms. The van der Waals surface area contributed by atoms with Gasteiger partial charge < -0.3 is 35.0 Å². The Morgan fingerprint density at radius 1 is 0.681 bits per heavy atom. The Labute approximate surface area is 336 Å². The van der Waals surface area contributed by atoms with Crippen molar-refractivity contribution in [2.75, 3.05) is 93.0 Å². The highest BCUT2D eigenvalue weighted by molar-refractivity contribution is 8.29. The third-order valence-electron chi connectivity index (χ3n) is 3.57. The number of thioether (sulfide) groups is 13. The zero-order valence-electron chi connectivity index (χ0n) is 25.1. The van der Waals surface area contributed by atoms with Gasteiger partial charge in [0.2, 0.25) is 11.9 Å². The van der Waals surface area contributed by atoms with Crippen molar-refractivity contribution in [3.8, 4) is 0 Å². The molecule has 0 aromatic carbocycles. The van der Waals surface area contributed by atoms with Crippen LogP contribution >= 0.6 is 153 Å². The Hall–Kier alpha value is 2.62. The lowest BCUT2D eigenvalue weighted by Crippen LogP contribution is -2.23. The Morgan fingerprint density at radius 2 is 1.26 bits per heavy atom. The lowest BCUT2D eigenvalue weighted by molar-refractivity contribution is -0.196. The number of aliphatic imine (C=N–C) groups is 2. The molecule has 1 atom stereocenters. The van der Waals surface area contributed by atoms with E-state index in [9.17, 15) is 14.1 Å². The summed E-state index contributed by atoms with van der Waals surface area (Å²) in [6.07, 6.45) is 0.843. The van der Waals surface area contributed by atoms with Gasteiger partial charge in [-0.05, 0) is 0 Å². The molecule has 0 bridgehead atoms. The number of alkyl carbamates (subject to hydrolysis) is 1. The first kappa shape index (κ1) is 49.6. The van der Waals surface area contributed by atoms with Crippen LogP contribution in [0.25, 0.3) is 0 Å². The number of nitrogens with zero attached hydrogens (tertiary/aromatic N) is 2. The fraction of sp³-hybridized carbons (Fsp3) is 0.810. The van der Waals surface area contributed by atoms with Gasteiger partial charge >= 0.3 is 6.09 Å². The van der Waals surface area contributed by atoms with E-state index in [0.29, 0.717) is 44.7 Å². The van der Waals surface area contributed by atoms with Crippen molar-refractivity contribution in [3.05, 3.63) is 0 Å². The van der Waals surface area contributed by atoms with E-state index < -0.39 is 17.3 Å². The van der Waals surface area contributed by atoms with Crippen molar-refractivity contribution in [1.29, 1.82) is 0 Å². The number of nitrogens with one attached hydrogen (secondary N) is 2. The largest absolute Gasteiger partial charge is 0.610 e. The predicted molar refractivity (Wildman–Crippen MR) is 231 cm³/mol. The summed E-state index contributed by atoms with van der Waals surface area (Å²) in [7, 11) is 0. The molecule has 0 saturated heterocycles. The van der Waals surface area contributed by atoms with Crippen LogP contribution in [0.1, 0.15) is 0 Å². The number of rotatable bonds is 35. The quantitative estimate of drug-likeness (QED) is 0.00975. The number of ether oxygens (including phenoxy) is 1. The zero-order valence-corrected chi connectivity index (χ0v) is 36.6. The van der Waals surface area contributed by atoms with Gasteiger partial charge in [0.25, 0.3) is 5.24 Å². The molecule has 0 aliphatic heterocycles. The van der Waals surface area contributed by atoms with Gasteiger partial charge in [0.05, 0.1) is 35.4 Å². The number of hydrogen-bond acceptors (Lipinski definition) is 23. The van der Waals surface area contributed by atoms with Crippen molar-refractivity contribution in [3.63, 3.8) is 0 Å². The summed E-state index contributed by atoms with van der Waals surface area (Å²) < 4.78 is 17.0. The van der Waals surface area contributed by atoms with Gasteiger partial charge in [0.15, 0.2) is 5.08 Å². The maximum Gasteiger partial charge on any atom is 0.408 e. The fourth-order valence-corrected chi connectivity index (χ4v) is 14.5. The molecular weight excluding hydrogens is 885 g/mol. The highest BCUT2D eigenvalue weighted by atomic mass is 32.3. The molecule has 0 radical (unpaired) electrons. The number of aliphatic hydroxyl groups excluding tert-OH is 2. The average Bonchev–Trinajstić information content (AvgIpc) is 3.06. The molecule has 0 aliphatic carbocycles. The molecule has 0 saturated carbocycles. The minimum atomic E-state index is -1.12. The molecule has 276 valence electrons. The van der Waals surface area contributed by atoms with Crippen LogP contribution in [0.15, 0.2) is 9.98 Å². The highest BCUT2D eigenvalue weighted by Gasteiger charge is 2.05. The maximum atomic E-state index is 12.0. The number of carbonyl (C=O) groups is 2. The van der Waals surface area contributed by atoms with Crippen LogP contribution in [0.5, 0.6) is 0 Å². The summed E-state index contributed by atoms with van der Waals surface area (Å²) in [5, 5.41) is 29.5. The van der Waals surface area contributed by atoms with E-state index in [4.69, 9.17) is 24.7 Å². The minimum Gasteiger partial charge on any atom is -0.610 e. The molecule has 0 fully saturated rings. The average molecular weight is 926 g/mol. The van der Waals surface area contributed by atoms with Gasteiger partial charge in [-0.3, -0.25) is 4.79 Å². The van der Waals surface area contributed by atoms with Crippen LogP contribution in [0, 0.1) is 0 Å². The van der Waals surface area contributed by atoms with E-state index in [0.717, 1.165) is 30.5 Å². The molecule has 12 nitrogen and oxygen atoms in total. The molecule has 0 aliphatic rings. The van der Waals surface area contributed by atoms with E-state index in [1.165, 1.54) is 70.8 Å². The van der Waals surface area contributed by atoms with Crippen molar-refractivity contribution in [1.82, 2.24) is 10.6 Å². The minimum absolute atomic E-state index is 0.0430. The Balaban J connectivity index is 3.38. The summed E-state index contributed by atoms with van der Waals surface area (Å²) in [5.41, 5.74) is 1.50. The fourth-order valence-electron chi connectivity index (χ4n) is 1.85. The first-order valence-electron chi connectivity index (χ1n) is 12.7.